The molecule has 0 atom stereocenters. The lowest BCUT2D eigenvalue weighted by atomic mass is 10.1. The predicted octanol–water partition coefficient (Wildman–Crippen LogP) is 2.58. The number of nitro groups is 1. The second-order valence-corrected chi connectivity index (χ2v) is 4.66. The predicted molar refractivity (Wildman–Crippen MR) is 82.1 cm³/mol. The van der Waals surface area contributed by atoms with Crippen molar-refractivity contribution in [1.82, 2.24) is 5.32 Å². The summed E-state index contributed by atoms with van der Waals surface area (Å²) >= 11 is 0. The van der Waals surface area contributed by atoms with Crippen LogP contribution in [-0.4, -0.2) is 24.5 Å². The van der Waals surface area contributed by atoms with Crippen LogP contribution in [0.4, 0.5) is 5.69 Å². The Balaban J connectivity index is 1.89. The molecule has 1 amide bonds. The van der Waals surface area contributed by atoms with Gasteiger partial charge in [-0.3, -0.25) is 14.9 Å². The first-order valence-electron chi connectivity index (χ1n) is 6.76. The van der Waals surface area contributed by atoms with Gasteiger partial charge in [-0.2, -0.15) is 0 Å². The Morgan fingerprint density at radius 3 is 2.59 bits per heavy atom. The van der Waals surface area contributed by atoms with E-state index >= 15 is 0 Å². The number of nitrogens with one attached hydrogen (secondary N) is 1. The summed E-state index contributed by atoms with van der Waals surface area (Å²) in [5.74, 6) is 0.460. The number of hydrogen-bond acceptors (Lipinski definition) is 4. The van der Waals surface area contributed by atoms with Crippen LogP contribution in [0.2, 0.25) is 0 Å². The van der Waals surface area contributed by atoms with E-state index in [9.17, 15) is 14.9 Å². The minimum Gasteiger partial charge on any atom is -0.497 e. The van der Waals surface area contributed by atoms with Crippen LogP contribution in [-0.2, 0) is 6.42 Å². The van der Waals surface area contributed by atoms with Crippen LogP contribution in [0.5, 0.6) is 5.75 Å². The van der Waals surface area contributed by atoms with Crippen LogP contribution in [0.15, 0.2) is 48.5 Å². The molecule has 0 fully saturated rings. The van der Waals surface area contributed by atoms with Gasteiger partial charge in [0.1, 0.15) is 5.75 Å². The number of carbonyl (C=O) groups is 1. The second kappa shape index (κ2) is 7.21. The highest BCUT2D eigenvalue weighted by molar-refractivity contribution is 5.94. The van der Waals surface area contributed by atoms with Crippen LogP contribution in [0.1, 0.15) is 15.9 Å². The Labute approximate surface area is 127 Å². The number of methoxy groups -OCH3 is 1. The molecule has 6 nitrogen and oxygen atoms in total. The molecular weight excluding hydrogens is 284 g/mol. The number of ether oxygens (including phenoxy) is 1. The quantitative estimate of drug-likeness (QED) is 0.656. The van der Waals surface area contributed by atoms with Gasteiger partial charge in [0.05, 0.1) is 12.0 Å². The number of amides is 1. The Morgan fingerprint density at radius 1 is 1.23 bits per heavy atom. The molecule has 0 heterocycles. The molecule has 0 aliphatic carbocycles. The Bertz CT molecular complexity index is 668. The van der Waals surface area contributed by atoms with Crippen LogP contribution < -0.4 is 10.1 Å². The van der Waals surface area contributed by atoms with Gasteiger partial charge in [-0.1, -0.05) is 18.2 Å². The molecule has 0 aliphatic rings. The monoisotopic (exact) mass is 300 g/mol. The molecule has 2 aromatic rings. The smallest absolute Gasteiger partial charge is 0.270 e. The first kappa shape index (κ1) is 15.5. The molecule has 22 heavy (non-hydrogen) atoms. The van der Waals surface area contributed by atoms with Crippen LogP contribution >= 0.6 is 0 Å². The van der Waals surface area contributed by atoms with E-state index in [1.807, 2.05) is 24.3 Å². The summed E-state index contributed by atoms with van der Waals surface area (Å²) in [7, 11) is 1.61. The highest BCUT2D eigenvalue weighted by Gasteiger charge is 2.10. The van der Waals surface area contributed by atoms with Crippen molar-refractivity contribution >= 4 is 11.6 Å². The van der Waals surface area contributed by atoms with Gasteiger partial charge in [0.15, 0.2) is 0 Å². The SMILES string of the molecule is COc1ccc(CCNC(=O)c2cccc([N+](=O)[O-])c2)cc1. The lowest BCUT2D eigenvalue weighted by molar-refractivity contribution is -0.384. The summed E-state index contributed by atoms with van der Waals surface area (Å²) in [6.07, 6.45) is 0.671. The third kappa shape index (κ3) is 4.05. The number of benzene rings is 2. The van der Waals surface area contributed by atoms with Crippen molar-refractivity contribution in [3.63, 3.8) is 0 Å². The largest absolute Gasteiger partial charge is 0.497 e. The number of nitrogens with zero attached hydrogens (tertiary/aromatic N) is 1. The topological polar surface area (TPSA) is 81.5 Å². The molecule has 1 N–H and O–H groups in total. The van der Waals surface area contributed by atoms with Gasteiger partial charge in [0, 0.05) is 24.2 Å². The Hall–Kier alpha value is -2.89. The lowest BCUT2D eigenvalue weighted by Crippen LogP contribution is -2.25. The summed E-state index contributed by atoms with van der Waals surface area (Å²) in [6, 6.07) is 13.2. The maximum absolute atomic E-state index is 12.0. The third-order valence-electron chi connectivity index (χ3n) is 3.18. The molecular formula is C16H16N2O4. The summed E-state index contributed by atoms with van der Waals surface area (Å²) in [6.45, 7) is 0.452. The zero-order valence-electron chi connectivity index (χ0n) is 12.1. The van der Waals surface area contributed by atoms with Gasteiger partial charge < -0.3 is 10.1 Å². The van der Waals surface area contributed by atoms with E-state index in [1.165, 1.54) is 18.2 Å². The maximum Gasteiger partial charge on any atom is 0.270 e. The van der Waals surface area contributed by atoms with E-state index in [2.05, 4.69) is 5.32 Å². The fourth-order valence-electron chi connectivity index (χ4n) is 1.98. The van der Waals surface area contributed by atoms with Gasteiger partial charge in [-0.25, -0.2) is 0 Å². The summed E-state index contributed by atoms with van der Waals surface area (Å²) in [4.78, 5) is 22.1. The summed E-state index contributed by atoms with van der Waals surface area (Å²) in [5, 5.41) is 13.4. The highest BCUT2D eigenvalue weighted by atomic mass is 16.6. The fourth-order valence-corrected chi connectivity index (χ4v) is 1.98. The van der Waals surface area contributed by atoms with E-state index in [1.54, 1.807) is 13.2 Å². The van der Waals surface area contributed by atoms with E-state index in [0.29, 0.717) is 13.0 Å². The van der Waals surface area contributed by atoms with Crippen molar-refractivity contribution in [2.75, 3.05) is 13.7 Å². The number of hydrogen-bond donors (Lipinski definition) is 1. The number of carbonyl (C=O) groups excluding carboxylic acids is 1. The van der Waals surface area contributed by atoms with Crippen molar-refractivity contribution in [1.29, 1.82) is 0 Å². The van der Waals surface area contributed by atoms with Crippen molar-refractivity contribution in [2.24, 2.45) is 0 Å². The molecule has 0 bridgehead atoms. The molecule has 0 spiro atoms. The Kier molecular flexibility index (Phi) is 5.08. The van der Waals surface area contributed by atoms with Gasteiger partial charge in [0.2, 0.25) is 0 Å². The molecule has 0 unspecified atom stereocenters. The summed E-state index contributed by atoms with van der Waals surface area (Å²) in [5.41, 5.74) is 1.26. The minimum absolute atomic E-state index is 0.0946. The fraction of sp³-hybridized carbons (Fsp3) is 0.188. The third-order valence-corrected chi connectivity index (χ3v) is 3.18. The molecule has 0 radical (unpaired) electrons. The van der Waals surface area contributed by atoms with Gasteiger partial charge in [-0.15, -0.1) is 0 Å². The summed E-state index contributed by atoms with van der Waals surface area (Å²) < 4.78 is 5.08. The normalized spacial score (nSPS) is 10.0. The lowest BCUT2D eigenvalue weighted by Gasteiger charge is -2.06. The molecule has 2 rings (SSSR count). The molecule has 2 aromatic carbocycles. The molecule has 6 heteroatoms. The average Bonchev–Trinajstić information content (AvgIpc) is 2.55. The standard InChI is InChI=1S/C16H16N2O4/c1-22-15-7-5-12(6-8-15)9-10-17-16(19)13-3-2-4-14(11-13)18(20)21/h2-8,11H,9-10H2,1H3,(H,17,19). The zero-order chi connectivity index (χ0) is 15.9. The Morgan fingerprint density at radius 2 is 1.95 bits per heavy atom. The van der Waals surface area contributed by atoms with E-state index in [4.69, 9.17) is 4.74 Å². The van der Waals surface area contributed by atoms with Gasteiger partial charge in [0.25, 0.3) is 11.6 Å². The minimum atomic E-state index is -0.520. The molecule has 0 aliphatic heterocycles. The maximum atomic E-state index is 12.0. The molecule has 114 valence electrons. The zero-order valence-corrected chi connectivity index (χ0v) is 12.1. The molecule has 0 saturated carbocycles. The molecule has 0 saturated heterocycles. The van der Waals surface area contributed by atoms with Crippen molar-refractivity contribution in [3.05, 3.63) is 69.8 Å². The van der Waals surface area contributed by atoms with Crippen molar-refractivity contribution in [3.8, 4) is 5.75 Å². The van der Waals surface area contributed by atoms with Crippen molar-refractivity contribution < 1.29 is 14.5 Å². The van der Waals surface area contributed by atoms with E-state index in [0.717, 1.165) is 11.3 Å². The average molecular weight is 300 g/mol. The van der Waals surface area contributed by atoms with E-state index < -0.39 is 4.92 Å². The van der Waals surface area contributed by atoms with Crippen LogP contribution in [0.25, 0.3) is 0 Å². The highest BCUT2D eigenvalue weighted by Crippen LogP contribution is 2.13. The second-order valence-electron chi connectivity index (χ2n) is 4.66. The van der Waals surface area contributed by atoms with Crippen LogP contribution in [0.3, 0.4) is 0 Å². The van der Waals surface area contributed by atoms with Crippen molar-refractivity contribution in [2.45, 2.75) is 6.42 Å². The van der Waals surface area contributed by atoms with Gasteiger partial charge in [-0.05, 0) is 30.2 Å². The number of rotatable bonds is 6. The first-order valence-corrected chi connectivity index (χ1v) is 6.76. The van der Waals surface area contributed by atoms with Crippen LogP contribution in [0, 0.1) is 10.1 Å². The molecule has 0 aromatic heterocycles. The number of non-ortho nitro benzene ring substituents is 1. The van der Waals surface area contributed by atoms with Gasteiger partial charge >= 0.3 is 0 Å². The van der Waals surface area contributed by atoms with E-state index in [-0.39, 0.29) is 17.2 Å². The number of nitro benzene ring substituents is 1. The first-order chi connectivity index (χ1) is 10.6.